The van der Waals surface area contributed by atoms with E-state index in [4.69, 9.17) is 10.5 Å². The number of hydrogen-bond donors (Lipinski definition) is 3. The number of morpholine rings is 1. The minimum absolute atomic E-state index is 0.160. The second-order valence-electron chi connectivity index (χ2n) is 2.95. The van der Waals surface area contributed by atoms with Crippen molar-refractivity contribution < 1.29 is 4.74 Å². The van der Waals surface area contributed by atoms with Gasteiger partial charge in [0.1, 0.15) is 5.82 Å². The van der Waals surface area contributed by atoms with Crippen molar-refractivity contribution in [3.05, 3.63) is 17.8 Å². The van der Waals surface area contributed by atoms with Crippen LogP contribution in [-0.4, -0.2) is 24.7 Å². The zero-order chi connectivity index (χ0) is 8.39. The third-order valence-electron chi connectivity index (χ3n) is 2.03. The Bertz CT molecular complexity index is 253. The lowest BCUT2D eigenvalue weighted by Gasteiger charge is -2.22. The van der Waals surface area contributed by atoms with Crippen LogP contribution in [0.15, 0.2) is 12.3 Å². The molecule has 0 amide bonds. The van der Waals surface area contributed by atoms with E-state index in [9.17, 15) is 0 Å². The Morgan fingerprint density at radius 3 is 3.08 bits per heavy atom. The average Bonchev–Trinajstić information content (AvgIpc) is 2.54. The standard InChI is InChI=1S/C8H13N3O/c9-8-3-6(4-11-8)7-5-10-1-2-12-7/h3-4,7,10-11H,1-2,5,9H2. The molecule has 1 fully saturated rings. The topological polar surface area (TPSA) is 63.1 Å². The van der Waals surface area contributed by atoms with Crippen LogP contribution in [0.25, 0.3) is 0 Å². The van der Waals surface area contributed by atoms with E-state index in [1.165, 1.54) is 0 Å². The molecule has 1 unspecified atom stereocenters. The third kappa shape index (κ3) is 1.44. The summed E-state index contributed by atoms with van der Waals surface area (Å²) in [4.78, 5) is 2.94. The molecule has 4 nitrogen and oxygen atoms in total. The first-order valence-electron chi connectivity index (χ1n) is 4.12. The van der Waals surface area contributed by atoms with Crippen LogP contribution in [-0.2, 0) is 4.74 Å². The van der Waals surface area contributed by atoms with Crippen molar-refractivity contribution in [2.24, 2.45) is 0 Å². The van der Waals surface area contributed by atoms with Crippen LogP contribution < -0.4 is 11.1 Å². The molecule has 0 aliphatic carbocycles. The third-order valence-corrected chi connectivity index (χ3v) is 2.03. The highest BCUT2D eigenvalue weighted by atomic mass is 16.5. The monoisotopic (exact) mass is 167 g/mol. The largest absolute Gasteiger partial charge is 0.385 e. The molecule has 0 radical (unpaired) electrons. The molecule has 1 aliphatic rings. The number of nitrogens with one attached hydrogen (secondary N) is 2. The fourth-order valence-electron chi connectivity index (χ4n) is 1.39. The quantitative estimate of drug-likeness (QED) is 0.562. The Morgan fingerprint density at radius 2 is 2.50 bits per heavy atom. The molecule has 2 heterocycles. The summed E-state index contributed by atoms with van der Waals surface area (Å²) in [6.45, 7) is 2.59. The van der Waals surface area contributed by atoms with Crippen LogP contribution in [0, 0.1) is 0 Å². The van der Waals surface area contributed by atoms with E-state index in [0.29, 0.717) is 5.82 Å². The highest BCUT2D eigenvalue weighted by Crippen LogP contribution is 2.19. The summed E-state index contributed by atoms with van der Waals surface area (Å²) in [5, 5.41) is 3.26. The summed E-state index contributed by atoms with van der Waals surface area (Å²) in [5.74, 6) is 0.694. The van der Waals surface area contributed by atoms with E-state index in [1.54, 1.807) is 0 Å². The van der Waals surface area contributed by atoms with Gasteiger partial charge >= 0.3 is 0 Å². The van der Waals surface area contributed by atoms with Crippen molar-refractivity contribution >= 4 is 5.82 Å². The van der Waals surface area contributed by atoms with Gasteiger partial charge in [0.2, 0.25) is 0 Å². The zero-order valence-corrected chi connectivity index (χ0v) is 6.84. The summed E-state index contributed by atoms with van der Waals surface area (Å²) in [5.41, 5.74) is 6.68. The van der Waals surface area contributed by atoms with Gasteiger partial charge in [-0.1, -0.05) is 0 Å². The van der Waals surface area contributed by atoms with E-state index in [1.807, 2.05) is 12.3 Å². The van der Waals surface area contributed by atoms with Gasteiger partial charge in [0.05, 0.1) is 12.7 Å². The molecule has 12 heavy (non-hydrogen) atoms. The lowest BCUT2D eigenvalue weighted by atomic mass is 10.2. The number of aromatic amines is 1. The molecule has 1 aromatic rings. The molecule has 2 rings (SSSR count). The number of nitrogens with two attached hydrogens (primary N) is 1. The maximum atomic E-state index is 5.55. The van der Waals surface area contributed by atoms with E-state index >= 15 is 0 Å². The molecule has 0 bridgehead atoms. The van der Waals surface area contributed by atoms with Crippen molar-refractivity contribution in [2.45, 2.75) is 6.10 Å². The number of aromatic nitrogens is 1. The second kappa shape index (κ2) is 3.16. The number of hydrogen-bond acceptors (Lipinski definition) is 3. The lowest BCUT2D eigenvalue weighted by molar-refractivity contribution is 0.0278. The highest BCUT2D eigenvalue weighted by Gasteiger charge is 2.15. The Kier molecular flexibility index (Phi) is 2.01. The van der Waals surface area contributed by atoms with Crippen molar-refractivity contribution in [1.29, 1.82) is 0 Å². The predicted octanol–water partition coefficient (Wildman–Crippen LogP) is 0.258. The first kappa shape index (κ1) is 7.64. The molecule has 0 saturated carbocycles. The normalized spacial score (nSPS) is 24.2. The number of rotatable bonds is 1. The molecule has 0 spiro atoms. The molecular weight excluding hydrogens is 154 g/mol. The number of ether oxygens (including phenoxy) is 1. The molecule has 4 heteroatoms. The molecule has 1 atom stereocenters. The molecule has 4 N–H and O–H groups in total. The maximum Gasteiger partial charge on any atom is 0.100 e. The maximum absolute atomic E-state index is 5.55. The molecule has 66 valence electrons. The fourth-order valence-corrected chi connectivity index (χ4v) is 1.39. The highest BCUT2D eigenvalue weighted by molar-refractivity contribution is 5.34. The van der Waals surface area contributed by atoms with Crippen molar-refractivity contribution in [2.75, 3.05) is 25.4 Å². The average molecular weight is 167 g/mol. The van der Waals surface area contributed by atoms with Crippen LogP contribution in [0.2, 0.25) is 0 Å². The van der Waals surface area contributed by atoms with Crippen LogP contribution >= 0.6 is 0 Å². The smallest absolute Gasteiger partial charge is 0.100 e. The van der Waals surface area contributed by atoms with Gasteiger partial charge < -0.3 is 20.8 Å². The zero-order valence-electron chi connectivity index (χ0n) is 6.84. The first-order chi connectivity index (χ1) is 5.86. The van der Waals surface area contributed by atoms with Gasteiger partial charge in [0.15, 0.2) is 0 Å². The molecule has 1 aliphatic heterocycles. The summed E-state index contributed by atoms with van der Waals surface area (Å²) in [6, 6.07) is 1.91. The summed E-state index contributed by atoms with van der Waals surface area (Å²) >= 11 is 0. The van der Waals surface area contributed by atoms with Gasteiger partial charge in [0.25, 0.3) is 0 Å². The minimum Gasteiger partial charge on any atom is -0.385 e. The van der Waals surface area contributed by atoms with Crippen molar-refractivity contribution in [3.8, 4) is 0 Å². The van der Waals surface area contributed by atoms with Gasteiger partial charge in [-0.05, 0) is 6.07 Å². The van der Waals surface area contributed by atoms with E-state index < -0.39 is 0 Å². The SMILES string of the molecule is Nc1cc(C2CNCCO2)c[nH]1. The predicted molar refractivity (Wildman–Crippen MR) is 46.8 cm³/mol. The Balaban J connectivity index is 2.08. The van der Waals surface area contributed by atoms with E-state index in [2.05, 4.69) is 10.3 Å². The number of H-pyrrole nitrogens is 1. The summed E-state index contributed by atoms with van der Waals surface area (Å²) in [6.07, 6.45) is 2.06. The molecular formula is C8H13N3O. The van der Waals surface area contributed by atoms with Gasteiger partial charge in [-0.3, -0.25) is 0 Å². The Hall–Kier alpha value is -1.00. The second-order valence-corrected chi connectivity index (χ2v) is 2.95. The first-order valence-corrected chi connectivity index (χ1v) is 4.12. The van der Waals surface area contributed by atoms with Crippen molar-refractivity contribution in [3.63, 3.8) is 0 Å². The van der Waals surface area contributed by atoms with E-state index in [0.717, 1.165) is 25.3 Å². The Morgan fingerprint density at radius 1 is 1.58 bits per heavy atom. The van der Waals surface area contributed by atoms with Crippen LogP contribution in [0.1, 0.15) is 11.7 Å². The summed E-state index contributed by atoms with van der Waals surface area (Å²) in [7, 11) is 0. The van der Waals surface area contributed by atoms with Gasteiger partial charge in [-0.25, -0.2) is 0 Å². The molecule has 0 aromatic carbocycles. The molecule has 1 aromatic heterocycles. The van der Waals surface area contributed by atoms with E-state index in [-0.39, 0.29) is 6.10 Å². The van der Waals surface area contributed by atoms with Gasteiger partial charge in [-0.2, -0.15) is 0 Å². The van der Waals surface area contributed by atoms with Gasteiger partial charge in [-0.15, -0.1) is 0 Å². The van der Waals surface area contributed by atoms with Crippen LogP contribution in [0.5, 0.6) is 0 Å². The molecule has 1 saturated heterocycles. The lowest BCUT2D eigenvalue weighted by Crippen LogP contribution is -2.33. The fraction of sp³-hybridized carbons (Fsp3) is 0.500. The Labute approximate surface area is 71.1 Å². The van der Waals surface area contributed by atoms with Gasteiger partial charge in [0, 0.05) is 24.8 Å². The van der Waals surface area contributed by atoms with Crippen LogP contribution in [0.3, 0.4) is 0 Å². The number of anilines is 1. The minimum atomic E-state index is 0.160. The van der Waals surface area contributed by atoms with Crippen molar-refractivity contribution in [1.82, 2.24) is 10.3 Å². The number of nitrogen functional groups attached to an aromatic ring is 1. The summed E-state index contributed by atoms with van der Waals surface area (Å²) < 4.78 is 5.54. The van der Waals surface area contributed by atoms with Crippen LogP contribution in [0.4, 0.5) is 5.82 Å².